The third-order valence-corrected chi connectivity index (χ3v) is 9.19. The van der Waals surface area contributed by atoms with Crippen molar-refractivity contribution in [2.75, 3.05) is 32.0 Å². The van der Waals surface area contributed by atoms with Crippen LogP contribution < -0.4 is 15.4 Å². The summed E-state index contributed by atoms with van der Waals surface area (Å²) in [5.74, 6) is 3.22. The summed E-state index contributed by atoms with van der Waals surface area (Å²) >= 11 is 1.86. The Bertz CT molecular complexity index is 1420. The fraction of sp³-hybridized carbons (Fsp3) is 0.433. The summed E-state index contributed by atoms with van der Waals surface area (Å²) in [6.45, 7) is 7.67. The van der Waals surface area contributed by atoms with Gasteiger partial charge in [0.05, 0.1) is 11.6 Å². The first kappa shape index (κ1) is 25.2. The molecular formula is C30H36N6OS. The van der Waals surface area contributed by atoms with Gasteiger partial charge < -0.3 is 20.3 Å². The lowest BCUT2D eigenvalue weighted by Crippen LogP contribution is -2.31. The van der Waals surface area contributed by atoms with Gasteiger partial charge in [0, 0.05) is 28.8 Å². The summed E-state index contributed by atoms with van der Waals surface area (Å²) in [7, 11) is 2.08. The summed E-state index contributed by atoms with van der Waals surface area (Å²) < 4.78 is 6.05. The van der Waals surface area contributed by atoms with Gasteiger partial charge in [-0.25, -0.2) is 9.97 Å². The van der Waals surface area contributed by atoms with Gasteiger partial charge in [-0.15, -0.1) is 11.3 Å². The Morgan fingerprint density at radius 2 is 2.03 bits per heavy atom. The molecule has 3 aromatic heterocycles. The highest BCUT2D eigenvalue weighted by molar-refractivity contribution is 7.19. The molecule has 8 heteroatoms. The summed E-state index contributed by atoms with van der Waals surface area (Å²) in [6, 6.07) is 10.7. The first-order valence-corrected chi connectivity index (χ1v) is 14.5. The van der Waals surface area contributed by atoms with Gasteiger partial charge >= 0.3 is 0 Å². The number of pyridine rings is 1. The largest absolute Gasteiger partial charge is 0.455 e. The number of aryl methyl sites for hydroxylation is 3. The van der Waals surface area contributed by atoms with E-state index in [-0.39, 0.29) is 0 Å². The van der Waals surface area contributed by atoms with Crippen LogP contribution in [-0.2, 0) is 12.8 Å². The molecule has 0 spiro atoms. The number of nitrogens with zero attached hydrogens (tertiary/aromatic N) is 4. The first-order chi connectivity index (χ1) is 18.6. The van der Waals surface area contributed by atoms with E-state index in [4.69, 9.17) is 4.74 Å². The van der Waals surface area contributed by atoms with Gasteiger partial charge in [0.25, 0.3) is 0 Å². The molecule has 6 rings (SSSR count). The number of rotatable bonds is 8. The lowest BCUT2D eigenvalue weighted by Gasteiger charge is -2.25. The van der Waals surface area contributed by atoms with Crippen molar-refractivity contribution >= 4 is 33.1 Å². The topological polar surface area (TPSA) is 75.2 Å². The molecule has 4 heterocycles. The maximum absolute atomic E-state index is 6.05. The third kappa shape index (κ3) is 5.39. The molecule has 0 radical (unpaired) electrons. The zero-order valence-corrected chi connectivity index (χ0v) is 23.3. The minimum Gasteiger partial charge on any atom is -0.455 e. The normalized spacial score (nSPS) is 19.6. The van der Waals surface area contributed by atoms with E-state index in [1.54, 1.807) is 12.5 Å². The fourth-order valence-electron chi connectivity index (χ4n) is 5.78. The lowest BCUT2D eigenvalue weighted by atomic mass is 9.85. The average Bonchev–Trinajstić information content (AvgIpc) is 3.54. The molecule has 1 aromatic carbocycles. The molecule has 2 atom stereocenters. The number of anilines is 2. The Morgan fingerprint density at radius 3 is 2.82 bits per heavy atom. The molecule has 2 N–H and O–H groups in total. The first-order valence-electron chi connectivity index (χ1n) is 13.7. The number of likely N-dealkylation sites (tertiary alicyclic amines) is 1. The number of hydrogen-bond acceptors (Lipinski definition) is 8. The van der Waals surface area contributed by atoms with Gasteiger partial charge in [0.1, 0.15) is 28.5 Å². The Hall–Kier alpha value is -3.07. The highest BCUT2D eigenvalue weighted by Gasteiger charge is 2.27. The monoisotopic (exact) mass is 528 g/mol. The van der Waals surface area contributed by atoms with Crippen LogP contribution >= 0.6 is 11.3 Å². The SMILES string of the molecule is CNC1CCN(CCC2CCc3c(sc4ncnc(Nc5ccc(Oc6ccc(C)nc6)c(C)c5)c34)C2)C1. The number of ether oxygens (including phenoxy) is 1. The Kier molecular flexibility index (Phi) is 7.28. The van der Waals surface area contributed by atoms with Crippen molar-refractivity contribution in [3.63, 3.8) is 0 Å². The van der Waals surface area contributed by atoms with Crippen molar-refractivity contribution in [1.29, 1.82) is 0 Å². The second-order valence-corrected chi connectivity index (χ2v) is 11.8. The van der Waals surface area contributed by atoms with Crippen LogP contribution in [0.5, 0.6) is 11.5 Å². The molecule has 1 saturated heterocycles. The number of aromatic nitrogens is 3. The highest BCUT2D eigenvalue weighted by atomic mass is 32.1. The number of benzene rings is 1. The van der Waals surface area contributed by atoms with Crippen molar-refractivity contribution in [3.05, 3.63) is 64.6 Å². The van der Waals surface area contributed by atoms with Crippen molar-refractivity contribution in [3.8, 4) is 11.5 Å². The van der Waals surface area contributed by atoms with Crippen LogP contribution in [-0.4, -0.2) is 52.6 Å². The van der Waals surface area contributed by atoms with E-state index in [9.17, 15) is 0 Å². The minimum absolute atomic E-state index is 0.665. The van der Waals surface area contributed by atoms with E-state index in [2.05, 4.69) is 50.5 Å². The van der Waals surface area contributed by atoms with E-state index in [1.807, 2.05) is 42.5 Å². The fourth-order valence-corrected chi connectivity index (χ4v) is 7.08. The van der Waals surface area contributed by atoms with Gasteiger partial charge in [-0.1, -0.05) is 0 Å². The number of thiophene rings is 1. The van der Waals surface area contributed by atoms with E-state index >= 15 is 0 Å². The highest BCUT2D eigenvalue weighted by Crippen LogP contribution is 2.41. The smallest absolute Gasteiger partial charge is 0.145 e. The molecule has 0 bridgehead atoms. The van der Waals surface area contributed by atoms with Crippen LogP contribution in [0.2, 0.25) is 0 Å². The second-order valence-electron chi connectivity index (χ2n) is 10.7. The molecule has 2 unspecified atom stereocenters. The molecule has 38 heavy (non-hydrogen) atoms. The molecule has 1 aliphatic carbocycles. The third-order valence-electron chi connectivity index (χ3n) is 8.03. The summed E-state index contributed by atoms with van der Waals surface area (Å²) in [5.41, 5.74) is 4.47. The van der Waals surface area contributed by atoms with Crippen molar-refractivity contribution in [2.24, 2.45) is 5.92 Å². The molecule has 7 nitrogen and oxygen atoms in total. The Balaban J connectivity index is 1.15. The van der Waals surface area contributed by atoms with Crippen LogP contribution in [0.15, 0.2) is 42.9 Å². The molecule has 198 valence electrons. The van der Waals surface area contributed by atoms with Gasteiger partial charge in [0.2, 0.25) is 0 Å². The summed E-state index contributed by atoms with van der Waals surface area (Å²) in [4.78, 5) is 18.9. The molecule has 4 aromatic rings. The number of hydrogen-bond donors (Lipinski definition) is 2. The van der Waals surface area contributed by atoms with Crippen LogP contribution in [0.1, 0.15) is 41.0 Å². The summed E-state index contributed by atoms with van der Waals surface area (Å²) in [5, 5.41) is 8.21. The Morgan fingerprint density at radius 1 is 1.11 bits per heavy atom. The molecule has 0 amide bonds. The van der Waals surface area contributed by atoms with Gasteiger partial charge in [-0.3, -0.25) is 4.98 Å². The molecule has 2 aliphatic rings. The van der Waals surface area contributed by atoms with E-state index in [1.165, 1.54) is 54.7 Å². The van der Waals surface area contributed by atoms with E-state index < -0.39 is 0 Å². The maximum atomic E-state index is 6.05. The van der Waals surface area contributed by atoms with Crippen LogP contribution in [0.25, 0.3) is 10.2 Å². The van der Waals surface area contributed by atoms with Gasteiger partial charge in [0.15, 0.2) is 0 Å². The van der Waals surface area contributed by atoms with Crippen LogP contribution in [0.3, 0.4) is 0 Å². The van der Waals surface area contributed by atoms with Crippen molar-refractivity contribution < 1.29 is 4.74 Å². The van der Waals surface area contributed by atoms with Crippen LogP contribution in [0.4, 0.5) is 11.5 Å². The van der Waals surface area contributed by atoms with E-state index in [0.29, 0.717) is 6.04 Å². The number of fused-ring (bicyclic) bond motifs is 3. The molecule has 0 saturated carbocycles. The summed E-state index contributed by atoms with van der Waals surface area (Å²) in [6.07, 6.45) is 9.52. The zero-order chi connectivity index (χ0) is 26.1. The average molecular weight is 529 g/mol. The van der Waals surface area contributed by atoms with E-state index in [0.717, 1.165) is 57.9 Å². The Labute approximate surface area is 228 Å². The number of nitrogens with one attached hydrogen (secondary N) is 2. The van der Waals surface area contributed by atoms with Crippen LogP contribution in [0, 0.1) is 19.8 Å². The van der Waals surface area contributed by atoms with Gasteiger partial charge in [-0.2, -0.15) is 0 Å². The molecule has 1 aliphatic heterocycles. The van der Waals surface area contributed by atoms with Gasteiger partial charge in [-0.05, 0) is 113 Å². The quantitative estimate of drug-likeness (QED) is 0.289. The van der Waals surface area contributed by atoms with Crippen molar-refractivity contribution in [2.45, 2.75) is 52.0 Å². The molecule has 1 fully saturated rings. The van der Waals surface area contributed by atoms with Crippen molar-refractivity contribution in [1.82, 2.24) is 25.2 Å². The predicted molar refractivity (Wildman–Crippen MR) is 155 cm³/mol. The maximum Gasteiger partial charge on any atom is 0.145 e. The standard InChI is InChI=1S/C30H36N6OS/c1-19-14-22(6-9-26(19)37-24-7-4-20(2)32-16-24)35-29-28-25-8-5-21(10-12-36-13-11-23(17-36)31-3)15-27(25)38-30(28)34-18-33-29/h4,6-7,9,14,16,18,21,23,31H,5,8,10-13,15,17H2,1-3H3,(H,33,34,35). The second kappa shape index (κ2) is 11.0. The predicted octanol–water partition coefficient (Wildman–Crippen LogP) is 6.03. The zero-order valence-electron chi connectivity index (χ0n) is 22.5. The minimum atomic E-state index is 0.665. The molecular weight excluding hydrogens is 492 g/mol. The lowest BCUT2D eigenvalue weighted by molar-refractivity contribution is 0.286. The number of likely N-dealkylation sites (N-methyl/N-ethyl adjacent to an activating group) is 1.